The molecule has 2 aliphatic heterocycles. The summed E-state index contributed by atoms with van der Waals surface area (Å²) in [4.78, 5) is 31.3. The zero-order valence-electron chi connectivity index (χ0n) is 18.3. The number of carbonyl (C=O) groups excluding carboxylic acids is 1. The third-order valence-electron chi connectivity index (χ3n) is 5.28. The number of nitrogens with one attached hydrogen (secondary N) is 2. The molecule has 2 N–H and O–H groups in total. The number of fused-ring (bicyclic) bond motifs is 3. The number of amides is 1. The van der Waals surface area contributed by atoms with E-state index in [1.807, 2.05) is 11.0 Å². The highest BCUT2D eigenvalue weighted by Crippen LogP contribution is 2.32. The van der Waals surface area contributed by atoms with Gasteiger partial charge in [0, 0.05) is 37.2 Å². The second-order valence-electron chi connectivity index (χ2n) is 7.60. The van der Waals surface area contributed by atoms with Crippen molar-refractivity contribution in [2.45, 2.75) is 6.18 Å². The van der Waals surface area contributed by atoms with E-state index in [1.54, 1.807) is 37.5 Å². The van der Waals surface area contributed by atoms with Crippen molar-refractivity contribution in [3.8, 4) is 5.75 Å². The van der Waals surface area contributed by atoms with Crippen LogP contribution in [-0.4, -0.2) is 46.8 Å². The van der Waals surface area contributed by atoms with Gasteiger partial charge >= 0.3 is 6.18 Å². The van der Waals surface area contributed by atoms with Gasteiger partial charge in [0.15, 0.2) is 11.6 Å². The topological polar surface area (TPSA) is 105 Å². The van der Waals surface area contributed by atoms with Crippen LogP contribution in [0.4, 0.5) is 30.6 Å². The second-order valence-corrected chi connectivity index (χ2v) is 7.60. The van der Waals surface area contributed by atoms with Crippen LogP contribution in [0.3, 0.4) is 0 Å². The van der Waals surface area contributed by atoms with Gasteiger partial charge in [0.2, 0.25) is 5.95 Å². The van der Waals surface area contributed by atoms with E-state index >= 15 is 0 Å². The lowest BCUT2D eigenvalue weighted by Gasteiger charge is -2.26. The van der Waals surface area contributed by atoms with Crippen molar-refractivity contribution in [2.75, 3.05) is 35.7 Å². The van der Waals surface area contributed by atoms with Crippen LogP contribution in [-0.2, 0) is 6.18 Å². The van der Waals surface area contributed by atoms with Gasteiger partial charge in [-0.2, -0.15) is 18.2 Å². The van der Waals surface area contributed by atoms with Crippen LogP contribution in [0.5, 0.6) is 5.75 Å². The van der Waals surface area contributed by atoms with Crippen molar-refractivity contribution in [3.05, 3.63) is 71.4 Å². The fraction of sp³-hybridized carbons (Fsp3) is 0.174. The summed E-state index contributed by atoms with van der Waals surface area (Å²) in [6.07, 6.45) is -0.104. The van der Waals surface area contributed by atoms with E-state index in [2.05, 4.69) is 30.6 Å². The number of alkyl halides is 3. The Morgan fingerprint density at radius 3 is 2.69 bits per heavy atom. The highest BCUT2D eigenvalue weighted by molar-refractivity contribution is 6.15. The van der Waals surface area contributed by atoms with Gasteiger partial charge in [0.05, 0.1) is 12.1 Å². The summed E-state index contributed by atoms with van der Waals surface area (Å²) in [5.41, 5.74) is -0.121. The molecular weight excluding hydrogens is 463 g/mol. The summed E-state index contributed by atoms with van der Waals surface area (Å²) in [5, 5.41) is 5.46. The second kappa shape index (κ2) is 8.70. The average Bonchev–Trinajstić information content (AvgIpc) is 3.35. The van der Waals surface area contributed by atoms with Crippen LogP contribution >= 0.6 is 0 Å². The molecule has 0 atom stereocenters. The predicted octanol–water partition coefficient (Wildman–Crippen LogP) is 3.84. The number of amidine groups is 1. The number of hydrogen-bond acceptors (Lipinski definition) is 8. The molecule has 0 unspecified atom stereocenters. The molecule has 1 aromatic carbocycles. The molecule has 2 aromatic heterocycles. The normalized spacial score (nSPS) is 14.5. The highest BCUT2D eigenvalue weighted by Gasteiger charge is 2.32. The van der Waals surface area contributed by atoms with Crippen LogP contribution in [0.25, 0.3) is 6.08 Å². The zero-order valence-corrected chi connectivity index (χ0v) is 18.3. The van der Waals surface area contributed by atoms with Crippen molar-refractivity contribution in [1.82, 2.24) is 15.0 Å². The first kappa shape index (κ1) is 22.3. The first-order chi connectivity index (χ1) is 16.8. The molecule has 2 aliphatic rings. The van der Waals surface area contributed by atoms with Crippen LogP contribution in [0.15, 0.2) is 59.5 Å². The fourth-order valence-corrected chi connectivity index (χ4v) is 3.63. The fourth-order valence-electron chi connectivity index (χ4n) is 3.63. The quantitative estimate of drug-likeness (QED) is 0.571. The summed E-state index contributed by atoms with van der Waals surface area (Å²) in [5.74, 6) is 2.16. The summed E-state index contributed by atoms with van der Waals surface area (Å²) in [7, 11) is 1.75. The monoisotopic (exact) mass is 481 g/mol. The molecule has 1 amide bonds. The Labute approximate surface area is 197 Å². The van der Waals surface area contributed by atoms with Crippen LogP contribution in [0.2, 0.25) is 0 Å². The van der Waals surface area contributed by atoms with E-state index in [1.165, 1.54) is 0 Å². The first-order valence-electron chi connectivity index (χ1n) is 10.5. The minimum atomic E-state index is -4.56. The molecule has 12 heteroatoms. The van der Waals surface area contributed by atoms with Gasteiger partial charge in [-0.3, -0.25) is 14.8 Å². The van der Waals surface area contributed by atoms with Crippen molar-refractivity contribution < 1.29 is 22.7 Å². The molecule has 178 valence electrons. The summed E-state index contributed by atoms with van der Waals surface area (Å²) in [6.45, 7) is 1.26. The maximum atomic E-state index is 12.9. The number of hydrogen-bond donors (Lipinski definition) is 2. The number of ether oxygens (including phenoxy) is 1. The molecule has 0 radical (unpaired) electrons. The molecule has 0 spiro atoms. The Morgan fingerprint density at radius 2 is 1.94 bits per heavy atom. The first-order valence-corrected chi connectivity index (χ1v) is 10.5. The van der Waals surface area contributed by atoms with E-state index in [-0.39, 0.29) is 5.69 Å². The summed E-state index contributed by atoms with van der Waals surface area (Å²) >= 11 is 0. The van der Waals surface area contributed by atoms with Gasteiger partial charge in [0.25, 0.3) is 5.91 Å². The van der Waals surface area contributed by atoms with E-state index in [4.69, 9.17) is 4.74 Å². The molecule has 5 rings (SSSR count). The van der Waals surface area contributed by atoms with Gasteiger partial charge < -0.3 is 20.3 Å². The molecule has 35 heavy (non-hydrogen) atoms. The van der Waals surface area contributed by atoms with E-state index < -0.39 is 17.6 Å². The number of carbonyl (C=O) groups is 1. The minimum absolute atomic E-state index is 0.339. The van der Waals surface area contributed by atoms with E-state index in [9.17, 15) is 18.0 Å². The standard InChI is InChI=1S/C23H18F3N7O2/c1-27-22-30-12-13-10-18(20-29-8-9-33(20)19(13)32-22)35-16-4-2-15(3-5-16)31-21(34)17-11-14(6-7-28-17)23(24,25)26/h2-7,10-12H,8-9H2,1H3,(H,31,34)(H,27,30,32). The third kappa shape index (κ3) is 4.50. The SMILES string of the molecule is CNc1ncc2c(n1)N1CCN=C1C(Oc1ccc(NC(=O)c3cc(C(F)(F)F)ccn3)cc1)=C2. The lowest BCUT2D eigenvalue weighted by molar-refractivity contribution is -0.137. The summed E-state index contributed by atoms with van der Waals surface area (Å²) in [6, 6.07) is 7.93. The van der Waals surface area contributed by atoms with Crippen molar-refractivity contribution in [2.24, 2.45) is 4.99 Å². The van der Waals surface area contributed by atoms with Gasteiger partial charge in [-0.1, -0.05) is 0 Å². The summed E-state index contributed by atoms with van der Waals surface area (Å²) < 4.78 is 44.7. The Hall–Kier alpha value is -4.48. The average molecular weight is 481 g/mol. The van der Waals surface area contributed by atoms with Crippen molar-refractivity contribution in [3.63, 3.8) is 0 Å². The number of aromatic nitrogens is 3. The number of nitrogens with zero attached hydrogens (tertiary/aromatic N) is 5. The molecule has 0 saturated carbocycles. The number of rotatable bonds is 5. The van der Waals surface area contributed by atoms with Gasteiger partial charge in [0.1, 0.15) is 17.3 Å². The highest BCUT2D eigenvalue weighted by atomic mass is 19.4. The number of pyridine rings is 1. The Balaban J connectivity index is 1.31. The number of aliphatic imine (C=N–C) groups is 1. The lowest BCUT2D eigenvalue weighted by atomic mass is 10.1. The molecule has 0 aliphatic carbocycles. The molecule has 0 saturated heterocycles. The van der Waals surface area contributed by atoms with Crippen LogP contribution in [0.1, 0.15) is 21.6 Å². The third-order valence-corrected chi connectivity index (χ3v) is 5.28. The van der Waals surface area contributed by atoms with Crippen molar-refractivity contribution >= 4 is 35.3 Å². The zero-order chi connectivity index (χ0) is 24.6. The Kier molecular flexibility index (Phi) is 5.55. The predicted molar refractivity (Wildman–Crippen MR) is 123 cm³/mol. The number of halogens is 3. The van der Waals surface area contributed by atoms with Gasteiger partial charge in [-0.15, -0.1) is 0 Å². The van der Waals surface area contributed by atoms with Gasteiger partial charge in [-0.05, 0) is 42.5 Å². The van der Waals surface area contributed by atoms with E-state index in [0.717, 1.165) is 23.6 Å². The molecule has 3 aromatic rings. The maximum Gasteiger partial charge on any atom is 0.416 e. The molecule has 4 heterocycles. The number of benzene rings is 1. The molecule has 0 bridgehead atoms. The van der Waals surface area contributed by atoms with Crippen LogP contribution < -0.4 is 20.3 Å². The van der Waals surface area contributed by atoms with E-state index in [0.29, 0.717) is 48.1 Å². The lowest BCUT2D eigenvalue weighted by Crippen LogP contribution is -2.34. The molecule has 9 nitrogen and oxygen atoms in total. The maximum absolute atomic E-state index is 12.9. The Bertz CT molecular complexity index is 1350. The smallest absolute Gasteiger partial charge is 0.416 e. The minimum Gasteiger partial charge on any atom is -0.453 e. The number of anilines is 3. The molecular formula is C23H18F3N7O2. The van der Waals surface area contributed by atoms with Gasteiger partial charge in [-0.25, -0.2) is 4.98 Å². The van der Waals surface area contributed by atoms with Crippen LogP contribution in [0, 0.1) is 0 Å². The Morgan fingerprint density at radius 1 is 1.14 bits per heavy atom. The molecule has 0 fully saturated rings. The van der Waals surface area contributed by atoms with Crippen molar-refractivity contribution in [1.29, 1.82) is 0 Å². The largest absolute Gasteiger partial charge is 0.453 e.